The number of hydrogen-bond acceptors (Lipinski definition) is 4. The summed E-state index contributed by atoms with van der Waals surface area (Å²) in [6.45, 7) is 0. The van der Waals surface area contributed by atoms with Gasteiger partial charge >= 0.3 is 0 Å². The molecule has 0 radical (unpaired) electrons. The number of amides is 2. The lowest BCUT2D eigenvalue weighted by Crippen LogP contribution is -2.30. The summed E-state index contributed by atoms with van der Waals surface area (Å²) >= 11 is 11.8. The topological polar surface area (TPSA) is 101 Å². The zero-order chi connectivity index (χ0) is 22.4. The van der Waals surface area contributed by atoms with Crippen molar-refractivity contribution in [3.8, 4) is 0 Å². The number of carbonyl (C=O) groups is 2. The van der Waals surface area contributed by atoms with E-state index in [1.807, 2.05) is 0 Å². The van der Waals surface area contributed by atoms with E-state index in [0.717, 1.165) is 0 Å². The second-order valence-electron chi connectivity index (χ2n) is 6.34. The lowest BCUT2D eigenvalue weighted by Gasteiger charge is -2.12. The number of nitro groups is 1. The summed E-state index contributed by atoms with van der Waals surface area (Å²) in [5.41, 5.74) is 0.808. The molecule has 0 aliphatic heterocycles. The molecule has 0 aromatic heterocycles. The largest absolute Gasteiger partial charge is 0.321 e. The van der Waals surface area contributed by atoms with E-state index >= 15 is 0 Å². The Labute approximate surface area is 187 Å². The van der Waals surface area contributed by atoms with Gasteiger partial charge in [0, 0.05) is 33.4 Å². The average molecular weight is 456 g/mol. The van der Waals surface area contributed by atoms with E-state index in [1.165, 1.54) is 30.3 Å². The molecule has 0 atom stereocenters. The molecule has 156 valence electrons. The third-order valence-electron chi connectivity index (χ3n) is 4.07. The minimum atomic E-state index is -0.621. The standard InChI is InChI=1S/C22H15Cl2N3O4/c23-16-7-9-18(10-8-16)25-22(29)20(12-14-3-1-6-19(11-14)27(30)31)26-21(28)15-4-2-5-17(24)13-15/h1-13H,(H,25,29)(H,26,28)/b20-12-. The van der Waals surface area contributed by atoms with E-state index in [-0.39, 0.29) is 16.9 Å². The smallest absolute Gasteiger partial charge is 0.272 e. The van der Waals surface area contributed by atoms with Crippen LogP contribution in [0.5, 0.6) is 0 Å². The molecule has 3 aromatic carbocycles. The molecular formula is C22H15Cl2N3O4. The van der Waals surface area contributed by atoms with E-state index in [4.69, 9.17) is 23.2 Å². The number of nitro benzene ring substituents is 1. The van der Waals surface area contributed by atoms with Crippen LogP contribution < -0.4 is 10.6 Å². The van der Waals surface area contributed by atoms with Crippen molar-refractivity contribution in [3.05, 3.63) is 110 Å². The van der Waals surface area contributed by atoms with Crippen LogP contribution >= 0.6 is 23.2 Å². The maximum atomic E-state index is 12.9. The number of carbonyl (C=O) groups excluding carboxylic acids is 2. The highest BCUT2D eigenvalue weighted by atomic mass is 35.5. The molecule has 0 saturated heterocycles. The molecular weight excluding hydrogens is 441 g/mol. The zero-order valence-electron chi connectivity index (χ0n) is 15.8. The number of nitrogens with zero attached hydrogens (tertiary/aromatic N) is 1. The Bertz CT molecular complexity index is 1180. The SMILES string of the molecule is O=C(Nc1ccc(Cl)cc1)/C(=C/c1cccc([N+](=O)[O-])c1)NC(=O)c1cccc(Cl)c1. The maximum Gasteiger partial charge on any atom is 0.272 e. The van der Waals surface area contributed by atoms with E-state index in [2.05, 4.69) is 10.6 Å². The average Bonchev–Trinajstić information content (AvgIpc) is 2.75. The van der Waals surface area contributed by atoms with Gasteiger partial charge in [0.2, 0.25) is 0 Å². The molecule has 7 nitrogen and oxygen atoms in total. The Morgan fingerprint density at radius 3 is 2.29 bits per heavy atom. The van der Waals surface area contributed by atoms with Crippen molar-refractivity contribution in [3.63, 3.8) is 0 Å². The van der Waals surface area contributed by atoms with Crippen LogP contribution in [0.1, 0.15) is 15.9 Å². The van der Waals surface area contributed by atoms with Gasteiger partial charge in [-0.15, -0.1) is 0 Å². The third-order valence-corrected chi connectivity index (χ3v) is 4.56. The van der Waals surface area contributed by atoms with Gasteiger partial charge in [-0.25, -0.2) is 0 Å². The van der Waals surface area contributed by atoms with Crippen LogP contribution in [0.25, 0.3) is 6.08 Å². The fourth-order valence-corrected chi connectivity index (χ4v) is 2.93. The Morgan fingerprint density at radius 1 is 0.903 bits per heavy atom. The number of hydrogen-bond donors (Lipinski definition) is 2. The highest BCUT2D eigenvalue weighted by molar-refractivity contribution is 6.31. The summed E-state index contributed by atoms with van der Waals surface area (Å²) in [6, 6.07) is 18.3. The van der Waals surface area contributed by atoms with E-state index in [9.17, 15) is 19.7 Å². The van der Waals surface area contributed by atoms with Crippen LogP contribution in [-0.2, 0) is 4.79 Å². The fraction of sp³-hybridized carbons (Fsp3) is 0. The van der Waals surface area contributed by atoms with Gasteiger partial charge in [0.1, 0.15) is 5.70 Å². The minimum absolute atomic E-state index is 0.111. The molecule has 0 bridgehead atoms. The van der Waals surface area contributed by atoms with Gasteiger partial charge < -0.3 is 10.6 Å². The van der Waals surface area contributed by atoms with Crippen molar-refractivity contribution in [2.45, 2.75) is 0 Å². The number of rotatable bonds is 6. The first-order valence-corrected chi connectivity index (χ1v) is 9.67. The first-order chi connectivity index (χ1) is 14.8. The van der Waals surface area contributed by atoms with E-state index in [0.29, 0.717) is 21.3 Å². The molecule has 0 aliphatic rings. The van der Waals surface area contributed by atoms with Crippen molar-refractivity contribution in [1.29, 1.82) is 0 Å². The summed E-state index contributed by atoms with van der Waals surface area (Å²) in [7, 11) is 0. The van der Waals surface area contributed by atoms with Crippen molar-refractivity contribution in [1.82, 2.24) is 5.32 Å². The third kappa shape index (κ3) is 6.15. The molecule has 0 aliphatic carbocycles. The monoisotopic (exact) mass is 455 g/mol. The van der Waals surface area contributed by atoms with Crippen LogP contribution in [0.15, 0.2) is 78.5 Å². The summed E-state index contributed by atoms with van der Waals surface area (Å²) in [6.07, 6.45) is 1.35. The summed E-state index contributed by atoms with van der Waals surface area (Å²) in [5, 5.41) is 17.1. The zero-order valence-corrected chi connectivity index (χ0v) is 17.4. The normalized spacial score (nSPS) is 11.0. The Hall–Kier alpha value is -3.68. The van der Waals surface area contributed by atoms with Crippen molar-refractivity contribution in [2.24, 2.45) is 0 Å². The van der Waals surface area contributed by atoms with Crippen LogP contribution in [0, 0.1) is 10.1 Å². The molecule has 31 heavy (non-hydrogen) atoms. The molecule has 0 fully saturated rings. The van der Waals surface area contributed by atoms with E-state index in [1.54, 1.807) is 48.5 Å². The number of halogens is 2. The van der Waals surface area contributed by atoms with Crippen LogP contribution in [-0.4, -0.2) is 16.7 Å². The molecule has 3 aromatic rings. The summed E-state index contributed by atoms with van der Waals surface area (Å²) in [5.74, 6) is -1.19. The first-order valence-electron chi connectivity index (χ1n) is 8.92. The maximum absolute atomic E-state index is 12.9. The van der Waals surface area contributed by atoms with Gasteiger partial charge in [-0.2, -0.15) is 0 Å². The molecule has 0 heterocycles. The predicted molar refractivity (Wildman–Crippen MR) is 120 cm³/mol. The first kappa shape index (κ1) is 22.0. The molecule has 9 heteroatoms. The lowest BCUT2D eigenvalue weighted by molar-refractivity contribution is -0.384. The van der Waals surface area contributed by atoms with Crippen LogP contribution in [0.4, 0.5) is 11.4 Å². The second-order valence-corrected chi connectivity index (χ2v) is 7.21. The van der Waals surface area contributed by atoms with Gasteiger partial charge in [-0.1, -0.05) is 41.4 Å². The van der Waals surface area contributed by atoms with Gasteiger partial charge in [-0.05, 0) is 54.1 Å². The Kier molecular flexibility index (Phi) is 7.02. The Balaban J connectivity index is 1.93. The highest BCUT2D eigenvalue weighted by Gasteiger charge is 2.16. The summed E-state index contributed by atoms with van der Waals surface area (Å²) in [4.78, 5) is 36.0. The number of anilines is 1. The summed E-state index contributed by atoms with van der Waals surface area (Å²) < 4.78 is 0. The molecule has 2 amide bonds. The Morgan fingerprint density at radius 2 is 1.61 bits per heavy atom. The van der Waals surface area contributed by atoms with Gasteiger partial charge in [0.05, 0.1) is 4.92 Å². The van der Waals surface area contributed by atoms with Crippen molar-refractivity contribution >= 4 is 52.5 Å². The molecule has 0 unspecified atom stereocenters. The lowest BCUT2D eigenvalue weighted by atomic mass is 10.1. The van der Waals surface area contributed by atoms with Gasteiger partial charge in [0.25, 0.3) is 17.5 Å². The quantitative estimate of drug-likeness (QED) is 0.298. The fourth-order valence-electron chi connectivity index (χ4n) is 2.61. The molecule has 0 saturated carbocycles. The van der Waals surface area contributed by atoms with Crippen LogP contribution in [0.2, 0.25) is 10.0 Å². The number of nitrogens with one attached hydrogen (secondary N) is 2. The van der Waals surface area contributed by atoms with Crippen molar-refractivity contribution in [2.75, 3.05) is 5.32 Å². The highest BCUT2D eigenvalue weighted by Crippen LogP contribution is 2.18. The second kappa shape index (κ2) is 9.88. The van der Waals surface area contributed by atoms with Gasteiger partial charge in [-0.3, -0.25) is 19.7 Å². The van der Waals surface area contributed by atoms with Gasteiger partial charge in [0.15, 0.2) is 0 Å². The number of non-ortho nitro benzene ring substituents is 1. The molecule has 3 rings (SSSR count). The van der Waals surface area contributed by atoms with Crippen molar-refractivity contribution < 1.29 is 14.5 Å². The predicted octanol–water partition coefficient (Wildman–Crippen LogP) is 5.31. The molecule has 0 spiro atoms. The van der Waals surface area contributed by atoms with Crippen LogP contribution in [0.3, 0.4) is 0 Å². The number of benzene rings is 3. The van der Waals surface area contributed by atoms with E-state index < -0.39 is 16.7 Å². The minimum Gasteiger partial charge on any atom is -0.321 e. The molecule has 2 N–H and O–H groups in total.